The van der Waals surface area contributed by atoms with Gasteiger partial charge in [0.1, 0.15) is 18.3 Å². The summed E-state index contributed by atoms with van der Waals surface area (Å²) in [5, 5.41) is 36.2. The monoisotopic (exact) mass is 193 g/mol. The summed E-state index contributed by atoms with van der Waals surface area (Å²) >= 11 is 0. The molecule has 76 valence electrons. The minimum absolute atomic E-state index is 1.02. The van der Waals surface area contributed by atoms with Crippen LogP contribution in [0.3, 0.4) is 0 Å². The fourth-order valence-electron chi connectivity index (χ4n) is 1.10. The van der Waals surface area contributed by atoms with Crippen molar-refractivity contribution in [2.45, 2.75) is 30.7 Å². The number of rotatable bonds is 1. The molecular weight excluding hydrogens is 182 g/mol. The molecule has 1 aliphatic heterocycles. The molecule has 0 aromatic heterocycles. The average Bonchev–Trinajstić information content (AvgIpc) is 2.07. The molecule has 0 bridgehead atoms. The summed E-state index contributed by atoms with van der Waals surface area (Å²) < 4.78 is 4.46. The second-order valence-corrected chi connectivity index (χ2v) is 2.82. The number of aliphatic hydroxyl groups excluding tert-OH is 4. The molecule has 0 aliphatic carbocycles. The minimum atomic E-state index is -1.73. The van der Waals surface area contributed by atoms with Crippen molar-refractivity contribution in [2.75, 3.05) is 0 Å². The van der Waals surface area contributed by atoms with E-state index in [4.69, 9.17) is 26.2 Å². The van der Waals surface area contributed by atoms with Gasteiger partial charge >= 0.3 is 0 Å². The third-order valence-corrected chi connectivity index (χ3v) is 1.87. The SMILES string of the molecule is NC(=O)[C@H]1OC(O)[C@@H](O)[C@@H](O)[C@@H]1O. The highest BCUT2D eigenvalue weighted by atomic mass is 16.6. The van der Waals surface area contributed by atoms with Crippen molar-refractivity contribution in [1.82, 2.24) is 0 Å². The molecule has 6 N–H and O–H groups in total. The Kier molecular flexibility index (Phi) is 2.84. The van der Waals surface area contributed by atoms with E-state index in [0.29, 0.717) is 0 Å². The lowest BCUT2D eigenvalue weighted by molar-refractivity contribution is -0.275. The van der Waals surface area contributed by atoms with Gasteiger partial charge in [-0.2, -0.15) is 0 Å². The van der Waals surface area contributed by atoms with Gasteiger partial charge < -0.3 is 30.9 Å². The number of carbonyl (C=O) groups excluding carboxylic acids is 1. The molecule has 0 radical (unpaired) electrons. The molecule has 1 aliphatic rings. The summed E-state index contributed by atoms with van der Waals surface area (Å²) in [5.74, 6) is -1.02. The Morgan fingerprint density at radius 2 is 1.62 bits per heavy atom. The molecule has 1 saturated heterocycles. The Morgan fingerprint density at radius 1 is 1.08 bits per heavy atom. The van der Waals surface area contributed by atoms with E-state index >= 15 is 0 Å². The molecule has 5 atom stereocenters. The topological polar surface area (TPSA) is 133 Å². The quantitative estimate of drug-likeness (QED) is 0.291. The molecule has 1 amide bonds. The van der Waals surface area contributed by atoms with E-state index in [1.807, 2.05) is 0 Å². The van der Waals surface area contributed by atoms with E-state index in [1.165, 1.54) is 0 Å². The van der Waals surface area contributed by atoms with Gasteiger partial charge in [-0.1, -0.05) is 0 Å². The number of hydrogen-bond donors (Lipinski definition) is 5. The number of aliphatic hydroxyl groups is 4. The molecule has 0 saturated carbocycles. The normalized spacial score (nSPS) is 46.0. The fourth-order valence-corrected chi connectivity index (χ4v) is 1.10. The van der Waals surface area contributed by atoms with Gasteiger partial charge in [0.15, 0.2) is 12.4 Å². The first-order chi connectivity index (χ1) is 5.95. The fraction of sp³-hybridized carbons (Fsp3) is 0.833. The first kappa shape index (κ1) is 10.4. The maximum absolute atomic E-state index is 10.6. The molecule has 7 nitrogen and oxygen atoms in total. The predicted molar refractivity (Wildman–Crippen MR) is 38.1 cm³/mol. The Labute approximate surface area is 73.4 Å². The zero-order valence-corrected chi connectivity index (χ0v) is 6.57. The summed E-state index contributed by atoms with van der Waals surface area (Å²) in [6, 6.07) is 0. The third-order valence-electron chi connectivity index (χ3n) is 1.87. The van der Waals surface area contributed by atoms with Crippen LogP contribution in [0.1, 0.15) is 0 Å². The smallest absolute Gasteiger partial charge is 0.249 e. The van der Waals surface area contributed by atoms with Crippen molar-refractivity contribution in [3.05, 3.63) is 0 Å². The predicted octanol–water partition coefficient (Wildman–Crippen LogP) is -3.73. The zero-order valence-electron chi connectivity index (χ0n) is 6.57. The first-order valence-electron chi connectivity index (χ1n) is 3.62. The van der Waals surface area contributed by atoms with Crippen molar-refractivity contribution in [2.24, 2.45) is 5.73 Å². The summed E-state index contributed by atoms with van der Waals surface area (Å²) in [4.78, 5) is 10.6. The molecule has 0 spiro atoms. The minimum Gasteiger partial charge on any atom is -0.387 e. The van der Waals surface area contributed by atoms with Gasteiger partial charge in [0.05, 0.1) is 0 Å². The van der Waals surface area contributed by atoms with Crippen LogP contribution in [-0.4, -0.2) is 57.0 Å². The highest BCUT2D eigenvalue weighted by Gasteiger charge is 2.45. The van der Waals surface area contributed by atoms with Crippen LogP contribution in [0.5, 0.6) is 0 Å². The summed E-state index contributed by atoms with van der Waals surface area (Å²) in [7, 11) is 0. The van der Waals surface area contributed by atoms with Gasteiger partial charge in [0, 0.05) is 0 Å². The van der Waals surface area contributed by atoms with Gasteiger partial charge in [-0.05, 0) is 0 Å². The zero-order chi connectivity index (χ0) is 10.2. The second kappa shape index (κ2) is 3.56. The number of hydrogen-bond acceptors (Lipinski definition) is 6. The van der Waals surface area contributed by atoms with Crippen LogP contribution in [0, 0.1) is 0 Å². The average molecular weight is 193 g/mol. The van der Waals surface area contributed by atoms with Crippen molar-refractivity contribution < 1.29 is 30.0 Å². The van der Waals surface area contributed by atoms with Crippen LogP contribution in [-0.2, 0) is 9.53 Å². The summed E-state index contributed by atoms with van der Waals surface area (Å²) in [6.07, 6.45) is -8.16. The van der Waals surface area contributed by atoms with Gasteiger partial charge in [-0.25, -0.2) is 0 Å². The Bertz CT molecular complexity index is 209. The molecule has 0 aromatic carbocycles. The molecule has 7 heteroatoms. The lowest BCUT2D eigenvalue weighted by Gasteiger charge is -2.36. The summed E-state index contributed by atoms with van der Waals surface area (Å²) in [6.45, 7) is 0. The third kappa shape index (κ3) is 1.79. The summed E-state index contributed by atoms with van der Waals surface area (Å²) in [5.41, 5.74) is 4.80. The number of nitrogens with two attached hydrogens (primary N) is 1. The lowest BCUT2D eigenvalue weighted by atomic mass is 9.99. The largest absolute Gasteiger partial charge is 0.387 e. The van der Waals surface area contributed by atoms with Crippen LogP contribution in [0.4, 0.5) is 0 Å². The van der Waals surface area contributed by atoms with E-state index in [-0.39, 0.29) is 0 Å². The molecule has 0 aromatic rings. The highest BCUT2D eigenvalue weighted by Crippen LogP contribution is 2.19. The Balaban J connectivity index is 2.76. The van der Waals surface area contributed by atoms with Gasteiger partial charge in [0.2, 0.25) is 5.91 Å². The molecule has 1 rings (SSSR count). The molecule has 1 fully saturated rings. The van der Waals surface area contributed by atoms with Crippen molar-refractivity contribution in [3.63, 3.8) is 0 Å². The van der Waals surface area contributed by atoms with Gasteiger partial charge in [-0.3, -0.25) is 4.79 Å². The molecular formula is C6H11NO6. The Morgan fingerprint density at radius 3 is 2.08 bits per heavy atom. The van der Waals surface area contributed by atoms with Crippen LogP contribution >= 0.6 is 0 Å². The van der Waals surface area contributed by atoms with Crippen molar-refractivity contribution in [1.29, 1.82) is 0 Å². The number of ether oxygens (including phenoxy) is 1. The number of amides is 1. The van der Waals surface area contributed by atoms with Gasteiger partial charge in [-0.15, -0.1) is 0 Å². The highest BCUT2D eigenvalue weighted by molar-refractivity contribution is 5.79. The second-order valence-electron chi connectivity index (χ2n) is 2.82. The van der Waals surface area contributed by atoms with E-state index < -0.39 is 36.6 Å². The van der Waals surface area contributed by atoms with Crippen LogP contribution < -0.4 is 5.73 Å². The van der Waals surface area contributed by atoms with Crippen LogP contribution in [0.2, 0.25) is 0 Å². The molecule has 1 unspecified atom stereocenters. The maximum atomic E-state index is 10.6. The van der Waals surface area contributed by atoms with Crippen LogP contribution in [0.25, 0.3) is 0 Å². The van der Waals surface area contributed by atoms with Gasteiger partial charge in [0.25, 0.3) is 0 Å². The van der Waals surface area contributed by atoms with E-state index in [0.717, 1.165) is 0 Å². The first-order valence-corrected chi connectivity index (χ1v) is 3.62. The maximum Gasteiger partial charge on any atom is 0.249 e. The van der Waals surface area contributed by atoms with E-state index in [2.05, 4.69) is 4.74 Å². The molecule has 13 heavy (non-hydrogen) atoms. The van der Waals surface area contributed by atoms with Crippen molar-refractivity contribution >= 4 is 5.91 Å². The lowest BCUT2D eigenvalue weighted by Crippen LogP contribution is -2.60. The standard InChI is InChI=1S/C6H11NO6/c7-5(11)4-2(9)1(8)3(10)6(12)13-4/h1-4,6,8-10,12H,(H2,7,11)/t1-,2-,3-,4-,6?/m0/s1. The van der Waals surface area contributed by atoms with E-state index in [9.17, 15) is 4.79 Å². The van der Waals surface area contributed by atoms with E-state index in [1.54, 1.807) is 0 Å². The number of carbonyl (C=O) groups is 1. The van der Waals surface area contributed by atoms with Crippen LogP contribution in [0.15, 0.2) is 0 Å². The van der Waals surface area contributed by atoms with Crippen molar-refractivity contribution in [3.8, 4) is 0 Å². The number of primary amides is 1. The molecule has 1 heterocycles. The Hall–Kier alpha value is -0.730.